The number of hydrogen-bond donors (Lipinski definition) is 1. The number of amidine groups is 1. The standard InChI is InChI=1S/C20H31N3O2S/c1-19(2,3)23-12-10-15(11-13-23)14-6-8-16(9-7-14)17-20(4,5)25-18(21)22-26(17)24/h6-9,15,17H,10-13H2,1-5H3,(H2,21,22). The molecule has 1 aromatic carbocycles. The van der Waals surface area contributed by atoms with Gasteiger partial charge in [0.2, 0.25) is 0 Å². The fourth-order valence-corrected chi connectivity index (χ4v) is 5.31. The predicted octanol–water partition coefficient (Wildman–Crippen LogP) is 3.49. The zero-order valence-corrected chi connectivity index (χ0v) is 17.3. The van der Waals surface area contributed by atoms with Gasteiger partial charge in [-0.3, -0.25) is 4.90 Å². The van der Waals surface area contributed by atoms with Crippen LogP contribution in [-0.4, -0.2) is 39.4 Å². The van der Waals surface area contributed by atoms with E-state index in [4.69, 9.17) is 10.5 Å². The molecular formula is C20H31N3O2S. The quantitative estimate of drug-likeness (QED) is 0.857. The van der Waals surface area contributed by atoms with Crippen molar-refractivity contribution in [1.82, 2.24) is 4.90 Å². The summed E-state index contributed by atoms with van der Waals surface area (Å²) < 4.78 is 22.0. The normalized spacial score (nSPS) is 27.7. The van der Waals surface area contributed by atoms with Crippen LogP contribution in [0.2, 0.25) is 0 Å². The molecule has 5 nitrogen and oxygen atoms in total. The largest absolute Gasteiger partial charge is 0.457 e. The van der Waals surface area contributed by atoms with Crippen LogP contribution in [0.1, 0.15) is 69.8 Å². The Morgan fingerprint density at radius 1 is 1.15 bits per heavy atom. The monoisotopic (exact) mass is 377 g/mol. The Balaban J connectivity index is 1.73. The van der Waals surface area contributed by atoms with Gasteiger partial charge < -0.3 is 10.5 Å². The van der Waals surface area contributed by atoms with Crippen molar-refractivity contribution in [1.29, 1.82) is 0 Å². The third-order valence-electron chi connectivity index (χ3n) is 5.53. The molecule has 6 heteroatoms. The molecule has 1 saturated heterocycles. The molecule has 0 spiro atoms. The van der Waals surface area contributed by atoms with Crippen LogP contribution in [0.15, 0.2) is 28.7 Å². The highest BCUT2D eigenvalue weighted by Gasteiger charge is 2.42. The molecule has 2 aliphatic rings. The summed E-state index contributed by atoms with van der Waals surface area (Å²) in [6.45, 7) is 12.9. The van der Waals surface area contributed by atoms with E-state index in [1.54, 1.807) is 0 Å². The molecule has 1 aromatic rings. The molecule has 2 unspecified atom stereocenters. The Labute approximate surface area is 159 Å². The fourth-order valence-electron chi connectivity index (χ4n) is 4.07. The van der Waals surface area contributed by atoms with Crippen LogP contribution < -0.4 is 5.73 Å². The van der Waals surface area contributed by atoms with Gasteiger partial charge in [0.1, 0.15) is 10.9 Å². The van der Waals surface area contributed by atoms with Crippen molar-refractivity contribution < 1.29 is 8.95 Å². The fraction of sp³-hybridized carbons (Fsp3) is 0.650. The van der Waals surface area contributed by atoms with Gasteiger partial charge in [0.05, 0.1) is 0 Å². The Kier molecular flexibility index (Phi) is 5.19. The van der Waals surface area contributed by atoms with E-state index in [9.17, 15) is 4.21 Å². The lowest BCUT2D eigenvalue weighted by atomic mass is 9.86. The van der Waals surface area contributed by atoms with E-state index in [1.807, 2.05) is 13.8 Å². The molecule has 144 valence electrons. The third kappa shape index (κ3) is 3.96. The van der Waals surface area contributed by atoms with Crippen molar-refractivity contribution >= 4 is 17.0 Å². The molecular weight excluding hydrogens is 346 g/mol. The van der Waals surface area contributed by atoms with Crippen LogP contribution in [0.4, 0.5) is 0 Å². The lowest BCUT2D eigenvalue weighted by molar-refractivity contribution is 0.0848. The first-order valence-electron chi connectivity index (χ1n) is 9.37. The zero-order chi connectivity index (χ0) is 19.1. The summed E-state index contributed by atoms with van der Waals surface area (Å²) in [6, 6.07) is 8.53. The zero-order valence-electron chi connectivity index (χ0n) is 16.5. The highest BCUT2D eigenvalue weighted by Crippen LogP contribution is 2.38. The summed E-state index contributed by atoms with van der Waals surface area (Å²) in [5.41, 5.74) is 7.59. The van der Waals surface area contributed by atoms with Crippen molar-refractivity contribution in [3.05, 3.63) is 35.4 Å². The molecule has 0 bridgehead atoms. The molecule has 26 heavy (non-hydrogen) atoms. The summed E-state index contributed by atoms with van der Waals surface area (Å²) in [4.78, 5) is 2.56. The van der Waals surface area contributed by atoms with Gasteiger partial charge in [-0.25, -0.2) is 4.21 Å². The van der Waals surface area contributed by atoms with Crippen LogP contribution in [0.5, 0.6) is 0 Å². The summed E-state index contributed by atoms with van der Waals surface area (Å²) in [6.07, 6.45) is 2.36. The molecule has 0 aromatic heterocycles. The van der Waals surface area contributed by atoms with Crippen LogP contribution in [0.25, 0.3) is 0 Å². The number of benzene rings is 1. The predicted molar refractivity (Wildman–Crippen MR) is 107 cm³/mol. The minimum atomic E-state index is -1.42. The topological polar surface area (TPSA) is 67.9 Å². The molecule has 2 atom stereocenters. The molecule has 3 rings (SSSR count). The van der Waals surface area contributed by atoms with Crippen LogP contribution in [0.3, 0.4) is 0 Å². The number of likely N-dealkylation sites (tertiary alicyclic amines) is 1. The smallest absolute Gasteiger partial charge is 0.296 e. The number of nitrogens with zero attached hydrogens (tertiary/aromatic N) is 2. The van der Waals surface area contributed by atoms with Crippen molar-refractivity contribution in [3.8, 4) is 0 Å². The molecule has 0 radical (unpaired) electrons. The lowest BCUT2D eigenvalue weighted by Crippen LogP contribution is -2.45. The first kappa shape index (κ1) is 19.4. The van der Waals surface area contributed by atoms with E-state index in [2.05, 4.69) is 54.3 Å². The summed E-state index contributed by atoms with van der Waals surface area (Å²) in [7, 11) is -1.42. The van der Waals surface area contributed by atoms with Gasteiger partial charge in [-0.05, 0) is 77.6 Å². The Hall–Kier alpha value is -1.40. The Bertz CT molecular complexity index is 699. The third-order valence-corrected chi connectivity index (χ3v) is 7.14. The highest BCUT2D eigenvalue weighted by molar-refractivity contribution is 7.84. The Morgan fingerprint density at radius 2 is 1.69 bits per heavy atom. The van der Waals surface area contributed by atoms with Crippen LogP contribution >= 0.6 is 0 Å². The number of nitrogens with two attached hydrogens (primary N) is 1. The second kappa shape index (κ2) is 6.97. The summed E-state index contributed by atoms with van der Waals surface area (Å²) in [5, 5.41) is -0.313. The maximum Gasteiger partial charge on any atom is 0.296 e. The van der Waals surface area contributed by atoms with E-state index in [0.29, 0.717) is 5.92 Å². The van der Waals surface area contributed by atoms with Gasteiger partial charge in [0.25, 0.3) is 6.02 Å². The molecule has 2 N–H and O–H groups in total. The lowest BCUT2D eigenvalue weighted by Gasteiger charge is -2.41. The molecule has 1 fully saturated rings. The molecule has 0 aliphatic carbocycles. The van der Waals surface area contributed by atoms with E-state index < -0.39 is 16.6 Å². The van der Waals surface area contributed by atoms with Gasteiger partial charge in [-0.1, -0.05) is 24.3 Å². The van der Waals surface area contributed by atoms with Crippen molar-refractivity contribution in [2.75, 3.05) is 13.1 Å². The number of ether oxygens (including phenoxy) is 1. The van der Waals surface area contributed by atoms with E-state index >= 15 is 0 Å². The molecule has 2 heterocycles. The van der Waals surface area contributed by atoms with E-state index in [1.165, 1.54) is 18.4 Å². The van der Waals surface area contributed by atoms with Gasteiger partial charge in [-0.2, -0.15) is 0 Å². The van der Waals surface area contributed by atoms with Crippen molar-refractivity contribution in [2.45, 2.75) is 69.8 Å². The SMILES string of the molecule is CC1(C)OC(N)=NS(=O)C1c1ccc(C2CCN(C(C)(C)C)CC2)cc1. The maximum absolute atomic E-state index is 12.5. The molecule has 0 amide bonds. The second-order valence-corrected chi connectivity index (χ2v) is 10.1. The van der Waals surface area contributed by atoms with Gasteiger partial charge >= 0.3 is 0 Å². The van der Waals surface area contributed by atoms with Crippen molar-refractivity contribution in [3.63, 3.8) is 0 Å². The summed E-state index contributed by atoms with van der Waals surface area (Å²) in [5.74, 6) is 0.595. The minimum absolute atomic E-state index is 0.00631. The first-order chi connectivity index (χ1) is 12.1. The maximum atomic E-state index is 12.5. The van der Waals surface area contributed by atoms with E-state index in [0.717, 1.165) is 18.7 Å². The number of piperidine rings is 1. The Morgan fingerprint density at radius 3 is 2.19 bits per heavy atom. The van der Waals surface area contributed by atoms with Crippen molar-refractivity contribution in [2.24, 2.45) is 10.1 Å². The van der Waals surface area contributed by atoms with Crippen LogP contribution in [-0.2, 0) is 15.7 Å². The molecule has 2 aliphatic heterocycles. The molecule has 0 saturated carbocycles. The summed E-state index contributed by atoms with van der Waals surface area (Å²) >= 11 is 0. The average molecular weight is 378 g/mol. The number of hydrogen-bond acceptors (Lipinski definition) is 4. The first-order valence-corrected chi connectivity index (χ1v) is 10.5. The van der Waals surface area contributed by atoms with Gasteiger partial charge in [-0.15, -0.1) is 4.40 Å². The minimum Gasteiger partial charge on any atom is -0.457 e. The van der Waals surface area contributed by atoms with E-state index in [-0.39, 0.29) is 16.8 Å². The number of rotatable bonds is 2. The van der Waals surface area contributed by atoms with Crippen LogP contribution in [0, 0.1) is 0 Å². The van der Waals surface area contributed by atoms with Gasteiger partial charge in [0.15, 0.2) is 11.0 Å². The average Bonchev–Trinajstić information content (AvgIpc) is 2.53. The van der Waals surface area contributed by atoms with Gasteiger partial charge in [0, 0.05) is 5.54 Å². The highest BCUT2D eigenvalue weighted by atomic mass is 32.2. The second-order valence-electron chi connectivity index (χ2n) is 8.89.